The average molecular weight is 769 g/mol. The van der Waals surface area contributed by atoms with Gasteiger partial charge < -0.3 is 9.13 Å². The van der Waals surface area contributed by atoms with E-state index in [2.05, 4.69) is 181 Å². The van der Waals surface area contributed by atoms with Gasteiger partial charge in [0.25, 0.3) is 0 Å². The molecule has 0 amide bonds. The Hall–Kier alpha value is -5.72. The second-order valence-electron chi connectivity index (χ2n) is 15.7. The molecule has 0 saturated heterocycles. The Labute approximate surface area is 336 Å². The lowest BCUT2D eigenvalue weighted by Gasteiger charge is -2.28. The van der Waals surface area contributed by atoms with Crippen molar-refractivity contribution in [2.75, 3.05) is 0 Å². The third kappa shape index (κ3) is 4.15. The first-order chi connectivity index (χ1) is 27.5. The van der Waals surface area contributed by atoms with E-state index in [9.17, 15) is 0 Å². The molecule has 0 unspecified atom stereocenters. The molecule has 1 aliphatic heterocycles. The van der Waals surface area contributed by atoms with Crippen LogP contribution >= 0.6 is 34.9 Å². The van der Waals surface area contributed by atoms with Gasteiger partial charge in [-0.3, -0.25) is 0 Å². The van der Waals surface area contributed by atoms with Crippen molar-refractivity contribution in [3.63, 3.8) is 0 Å². The lowest BCUT2D eigenvalue weighted by atomic mass is 9.82. The van der Waals surface area contributed by atoms with Crippen LogP contribution in [0.25, 0.3) is 86.3 Å². The van der Waals surface area contributed by atoms with Crippen molar-refractivity contribution < 1.29 is 0 Å². The molecule has 4 heterocycles. The Balaban J connectivity index is 1.02. The molecule has 0 fully saturated rings. The van der Waals surface area contributed by atoms with Gasteiger partial charge in [-0.2, -0.15) is 0 Å². The summed E-state index contributed by atoms with van der Waals surface area (Å²) in [5, 5.41) is 7.74. The van der Waals surface area contributed by atoms with Crippen molar-refractivity contribution in [2.45, 2.75) is 38.8 Å². The maximum atomic E-state index is 2.51. The Morgan fingerprint density at radius 3 is 1.79 bits per heavy atom. The van der Waals surface area contributed by atoms with Gasteiger partial charge in [-0.25, -0.2) is 0 Å². The highest BCUT2D eigenvalue weighted by Crippen LogP contribution is 2.59. The minimum absolute atomic E-state index is 0.155. The van der Waals surface area contributed by atoms with Crippen LogP contribution < -0.4 is 0 Å². The zero-order chi connectivity index (χ0) is 36.9. The van der Waals surface area contributed by atoms with Crippen LogP contribution in [-0.2, 0) is 5.41 Å². The monoisotopic (exact) mass is 768 g/mol. The lowest BCUT2D eigenvalue weighted by Crippen LogP contribution is -2.17. The normalized spacial score (nSPS) is 14.2. The predicted molar refractivity (Wildman–Crippen MR) is 240 cm³/mol. The van der Waals surface area contributed by atoms with Gasteiger partial charge in [0.05, 0.1) is 22.1 Å². The number of benzene rings is 8. The first-order valence-electron chi connectivity index (χ1n) is 19.2. The van der Waals surface area contributed by atoms with Gasteiger partial charge in [0.15, 0.2) is 0 Å². The lowest BCUT2D eigenvalue weighted by molar-refractivity contribution is 0.643. The molecule has 264 valence electrons. The van der Waals surface area contributed by atoms with E-state index in [-0.39, 0.29) is 5.41 Å². The van der Waals surface area contributed by atoms with Crippen molar-refractivity contribution in [2.24, 2.45) is 0 Å². The van der Waals surface area contributed by atoms with Crippen LogP contribution in [0.4, 0.5) is 0 Å². The van der Waals surface area contributed by atoms with Crippen molar-refractivity contribution in [3.05, 3.63) is 169 Å². The molecule has 5 heteroatoms. The smallest absolute Gasteiger partial charge is 0.0544 e. The van der Waals surface area contributed by atoms with E-state index in [1.54, 1.807) is 0 Å². The molecule has 2 nitrogen and oxygen atoms in total. The minimum atomic E-state index is -0.155. The van der Waals surface area contributed by atoms with E-state index in [1.165, 1.54) is 117 Å². The van der Waals surface area contributed by atoms with E-state index < -0.39 is 0 Å². The molecule has 11 aromatic rings. The van der Waals surface area contributed by atoms with Crippen LogP contribution in [0.1, 0.15) is 25.0 Å². The molecule has 1 aliphatic carbocycles. The zero-order valence-corrected chi connectivity index (χ0v) is 33.1. The van der Waals surface area contributed by atoms with Crippen LogP contribution in [-0.4, -0.2) is 9.13 Å². The second-order valence-corrected chi connectivity index (χ2v) is 18.9. The van der Waals surface area contributed by atoms with E-state index in [0.717, 1.165) is 0 Å². The standard InChI is InChI=1S/C51H32N2S3/c1-51(2)39-28-43-37(27-35(39)34-21-24-48-50(49(34)51)56-47-18-10-9-17-46(47)55-48)32-12-4-7-15-41(32)53(43)29-19-22-42-36(25-29)31-11-3-6-14-40(31)52(42)30-20-23-45-38(26-30)33-13-5-8-16-44(33)54-45/h3-28H,1-2H3. The molecular weight excluding hydrogens is 737 g/mol. The fourth-order valence-electron chi connectivity index (χ4n) is 9.84. The number of rotatable bonds is 2. The number of thiophene rings is 1. The van der Waals surface area contributed by atoms with E-state index >= 15 is 0 Å². The number of fused-ring (bicyclic) bond motifs is 15. The van der Waals surface area contributed by atoms with E-state index in [1.807, 2.05) is 34.9 Å². The highest BCUT2D eigenvalue weighted by molar-refractivity contribution is 8.05. The fraction of sp³-hybridized carbons (Fsp3) is 0.0588. The first kappa shape index (κ1) is 31.5. The summed E-state index contributed by atoms with van der Waals surface area (Å²) in [4.78, 5) is 5.48. The Kier molecular flexibility index (Phi) is 6.30. The van der Waals surface area contributed by atoms with Gasteiger partial charge in [-0.1, -0.05) is 110 Å². The molecule has 56 heavy (non-hydrogen) atoms. The molecule has 2 aliphatic rings. The SMILES string of the molecule is CC1(C)c2cc3c(cc2-c2ccc4c(c21)Sc1ccccc1S4)c1ccccc1n3-c1ccc2c(c1)c1ccccc1n2-c1ccc2sc3ccccc3c2c1. The van der Waals surface area contributed by atoms with Crippen LogP contribution in [0.15, 0.2) is 177 Å². The summed E-state index contributed by atoms with van der Waals surface area (Å²) in [6.07, 6.45) is 0. The van der Waals surface area contributed by atoms with Crippen molar-refractivity contribution >= 4 is 98.6 Å². The third-order valence-corrected chi connectivity index (χ3v) is 16.1. The van der Waals surface area contributed by atoms with Crippen molar-refractivity contribution in [3.8, 4) is 22.5 Å². The zero-order valence-electron chi connectivity index (χ0n) is 30.6. The van der Waals surface area contributed by atoms with Gasteiger partial charge >= 0.3 is 0 Å². The highest BCUT2D eigenvalue weighted by atomic mass is 32.2. The molecule has 3 aromatic heterocycles. The number of para-hydroxylation sites is 2. The van der Waals surface area contributed by atoms with Gasteiger partial charge in [-0.05, 0) is 107 Å². The summed E-state index contributed by atoms with van der Waals surface area (Å²) >= 11 is 5.73. The third-order valence-electron chi connectivity index (χ3n) is 12.3. The summed E-state index contributed by atoms with van der Waals surface area (Å²) in [5.74, 6) is 0. The minimum Gasteiger partial charge on any atom is -0.309 e. The summed E-state index contributed by atoms with van der Waals surface area (Å²) in [5.41, 5.74) is 12.7. The average Bonchev–Trinajstić information content (AvgIpc) is 3.94. The fourth-order valence-corrected chi connectivity index (χ4v) is 13.5. The molecule has 8 aromatic carbocycles. The number of hydrogen-bond acceptors (Lipinski definition) is 3. The maximum Gasteiger partial charge on any atom is 0.0544 e. The molecule has 0 spiro atoms. The number of nitrogens with zero attached hydrogens (tertiary/aromatic N) is 2. The van der Waals surface area contributed by atoms with E-state index in [0.29, 0.717) is 0 Å². The van der Waals surface area contributed by atoms with Gasteiger partial charge in [0.2, 0.25) is 0 Å². The van der Waals surface area contributed by atoms with Crippen molar-refractivity contribution in [1.29, 1.82) is 0 Å². The molecule has 13 rings (SSSR count). The Bertz CT molecular complexity index is 3520. The first-order valence-corrected chi connectivity index (χ1v) is 21.6. The van der Waals surface area contributed by atoms with Crippen LogP contribution in [0.3, 0.4) is 0 Å². The summed E-state index contributed by atoms with van der Waals surface area (Å²) < 4.78 is 7.62. The summed E-state index contributed by atoms with van der Waals surface area (Å²) in [7, 11) is 0. The number of aromatic nitrogens is 2. The molecule has 0 atom stereocenters. The van der Waals surface area contributed by atoms with Crippen LogP contribution in [0.2, 0.25) is 0 Å². The Morgan fingerprint density at radius 2 is 1.00 bits per heavy atom. The van der Waals surface area contributed by atoms with Crippen molar-refractivity contribution in [1.82, 2.24) is 9.13 Å². The molecular formula is C51H32N2S3. The maximum absolute atomic E-state index is 2.51. The number of hydrogen-bond donors (Lipinski definition) is 0. The molecule has 0 N–H and O–H groups in total. The molecule has 0 radical (unpaired) electrons. The summed E-state index contributed by atoms with van der Waals surface area (Å²) in [6, 6.07) is 59.2. The largest absolute Gasteiger partial charge is 0.309 e. The Morgan fingerprint density at radius 1 is 0.411 bits per heavy atom. The quantitative estimate of drug-likeness (QED) is 0.173. The van der Waals surface area contributed by atoms with Gasteiger partial charge in [-0.15, -0.1) is 11.3 Å². The summed E-state index contributed by atoms with van der Waals surface area (Å²) in [6.45, 7) is 4.86. The van der Waals surface area contributed by atoms with Gasteiger partial charge in [0, 0.05) is 78.1 Å². The topological polar surface area (TPSA) is 9.86 Å². The van der Waals surface area contributed by atoms with Crippen LogP contribution in [0.5, 0.6) is 0 Å². The second kappa shape index (κ2) is 11.2. The molecule has 0 saturated carbocycles. The van der Waals surface area contributed by atoms with Gasteiger partial charge in [0.1, 0.15) is 0 Å². The van der Waals surface area contributed by atoms with Crippen LogP contribution in [0, 0.1) is 0 Å². The van der Waals surface area contributed by atoms with E-state index in [4.69, 9.17) is 0 Å². The highest BCUT2D eigenvalue weighted by Gasteiger charge is 2.40. The molecule has 0 bridgehead atoms. The predicted octanol–water partition coefficient (Wildman–Crippen LogP) is 15.2.